The number of ether oxygens (including phenoxy) is 3. The number of anilines is 2. The van der Waals surface area contributed by atoms with Crippen LogP contribution in [0.3, 0.4) is 0 Å². The summed E-state index contributed by atoms with van der Waals surface area (Å²) < 4.78 is 17.8. The minimum Gasteiger partial charge on any atom is -0.467 e. The van der Waals surface area contributed by atoms with Gasteiger partial charge in [-0.3, -0.25) is 4.79 Å². The van der Waals surface area contributed by atoms with Crippen molar-refractivity contribution in [2.24, 2.45) is 0 Å². The Morgan fingerprint density at radius 1 is 1.03 bits per heavy atom. The van der Waals surface area contributed by atoms with Crippen LogP contribution in [0, 0.1) is 0 Å². The first kappa shape index (κ1) is 29.9. The summed E-state index contributed by atoms with van der Waals surface area (Å²) >= 11 is 9.65. The van der Waals surface area contributed by atoms with Crippen molar-refractivity contribution in [1.82, 2.24) is 0 Å². The molecule has 0 bridgehead atoms. The zero-order chi connectivity index (χ0) is 28.4. The second kappa shape index (κ2) is 13.9. The molecule has 1 amide bonds. The van der Waals surface area contributed by atoms with Gasteiger partial charge in [0.1, 0.15) is 0 Å². The van der Waals surface area contributed by atoms with Crippen molar-refractivity contribution in [2.75, 3.05) is 24.4 Å². The number of benzene rings is 3. The zero-order valence-corrected chi connectivity index (χ0v) is 23.8. The van der Waals surface area contributed by atoms with E-state index in [-0.39, 0.29) is 19.1 Å². The van der Waals surface area contributed by atoms with E-state index in [0.29, 0.717) is 22.0 Å². The van der Waals surface area contributed by atoms with E-state index in [1.165, 1.54) is 7.11 Å². The van der Waals surface area contributed by atoms with Crippen LogP contribution in [0.2, 0.25) is 5.02 Å². The van der Waals surface area contributed by atoms with Crippen molar-refractivity contribution in [3.8, 4) is 0 Å². The molecule has 2 atom stereocenters. The second-order valence-electron chi connectivity index (χ2n) is 8.21. The molecule has 0 radical (unpaired) electrons. The van der Waals surface area contributed by atoms with Gasteiger partial charge in [0.25, 0.3) is 0 Å². The van der Waals surface area contributed by atoms with Crippen molar-refractivity contribution in [3.05, 3.63) is 106 Å². The number of hydrogen-bond donors (Lipinski definition) is 2. The Kier molecular flexibility index (Phi) is 10.7. The average Bonchev–Trinajstić information content (AvgIpc) is 2.94. The standard InChI is InChI=1S/C29H28BrClN2O6/c1-4-25(34)32-22-14-16-23(17-15-22)33-26(27(35)38-5-2)29(28(36)37-3,20-10-12-21(31)13-11-20)39-18-19-8-6-7-9-24(19)30/h4,6-17,26,33H,1,5,18H2,2-3H3,(H,32,34). The lowest BCUT2D eigenvalue weighted by Gasteiger charge is -2.38. The van der Waals surface area contributed by atoms with Gasteiger partial charge in [-0.1, -0.05) is 64.4 Å². The van der Waals surface area contributed by atoms with E-state index in [1.54, 1.807) is 55.5 Å². The third-order valence-corrected chi connectivity index (χ3v) is 6.78. The molecule has 2 unspecified atom stereocenters. The number of nitrogens with one attached hydrogen (secondary N) is 2. The third-order valence-electron chi connectivity index (χ3n) is 5.75. The van der Waals surface area contributed by atoms with Gasteiger partial charge in [0.15, 0.2) is 6.04 Å². The van der Waals surface area contributed by atoms with E-state index in [4.69, 9.17) is 25.8 Å². The molecule has 0 aliphatic carbocycles. The molecule has 39 heavy (non-hydrogen) atoms. The predicted molar refractivity (Wildman–Crippen MR) is 153 cm³/mol. The van der Waals surface area contributed by atoms with Crippen LogP contribution < -0.4 is 10.6 Å². The van der Waals surface area contributed by atoms with Crippen LogP contribution in [0.1, 0.15) is 18.1 Å². The van der Waals surface area contributed by atoms with Gasteiger partial charge in [0.05, 0.1) is 20.3 Å². The second-order valence-corrected chi connectivity index (χ2v) is 9.51. The number of rotatable bonds is 12. The van der Waals surface area contributed by atoms with E-state index < -0.39 is 23.6 Å². The molecule has 0 aliphatic heterocycles. The molecule has 0 fully saturated rings. The summed E-state index contributed by atoms with van der Waals surface area (Å²) in [4.78, 5) is 38.8. The van der Waals surface area contributed by atoms with Gasteiger partial charge in [-0.15, -0.1) is 0 Å². The van der Waals surface area contributed by atoms with Crippen molar-refractivity contribution < 1.29 is 28.6 Å². The maximum Gasteiger partial charge on any atom is 0.345 e. The lowest BCUT2D eigenvalue weighted by atomic mass is 9.85. The molecule has 0 aromatic heterocycles. The number of halogens is 2. The van der Waals surface area contributed by atoms with E-state index in [9.17, 15) is 14.4 Å². The molecule has 2 N–H and O–H groups in total. The zero-order valence-electron chi connectivity index (χ0n) is 21.4. The summed E-state index contributed by atoms with van der Waals surface area (Å²) in [7, 11) is 1.22. The number of carbonyl (C=O) groups excluding carboxylic acids is 3. The monoisotopic (exact) mass is 614 g/mol. The average molecular weight is 616 g/mol. The van der Waals surface area contributed by atoms with Crippen LogP contribution in [0.15, 0.2) is 89.9 Å². The van der Waals surface area contributed by atoms with Gasteiger partial charge in [-0.2, -0.15) is 0 Å². The Morgan fingerprint density at radius 2 is 1.67 bits per heavy atom. The fourth-order valence-electron chi connectivity index (χ4n) is 3.85. The maximum absolute atomic E-state index is 13.7. The third kappa shape index (κ3) is 7.26. The molecule has 3 rings (SSSR count). The van der Waals surface area contributed by atoms with Gasteiger partial charge in [0, 0.05) is 20.9 Å². The molecule has 3 aromatic carbocycles. The van der Waals surface area contributed by atoms with Crippen LogP contribution in [-0.2, 0) is 40.8 Å². The first-order chi connectivity index (χ1) is 18.7. The molecule has 0 saturated carbocycles. The van der Waals surface area contributed by atoms with Crippen molar-refractivity contribution in [3.63, 3.8) is 0 Å². The van der Waals surface area contributed by atoms with Crippen LogP contribution in [-0.4, -0.2) is 37.6 Å². The first-order valence-electron chi connectivity index (χ1n) is 11.9. The molecular weight excluding hydrogens is 588 g/mol. The van der Waals surface area contributed by atoms with Gasteiger partial charge in [-0.25, -0.2) is 9.59 Å². The summed E-state index contributed by atoms with van der Waals surface area (Å²) in [6.45, 7) is 5.11. The molecule has 204 valence electrons. The highest BCUT2D eigenvalue weighted by atomic mass is 79.9. The molecule has 10 heteroatoms. The SMILES string of the molecule is C=CC(=O)Nc1ccc(NC(C(=O)OCC)C(OCc2ccccc2Br)(C(=O)OC)c2ccc(Cl)cc2)cc1. The highest BCUT2D eigenvalue weighted by Gasteiger charge is 2.54. The summed E-state index contributed by atoms with van der Waals surface area (Å²) in [6.07, 6.45) is 1.15. The van der Waals surface area contributed by atoms with Crippen molar-refractivity contribution in [2.45, 2.75) is 25.2 Å². The molecular formula is C29H28BrClN2O6. The Balaban J connectivity index is 2.14. The van der Waals surface area contributed by atoms with Gasteiger partial charge in [0.2, 0.25) is 11.5 Å². The summed E-state index contributed by atoms with van der Waals surface area (Å²) in [5.41, 5.74) is 0.0453. The lowest BCUT2D eigenvalue weighted by molar-refractivity contribution is -0.183. The normalized spacial score (nSPS) is 12.9. The van der Waals surface area contributed by atoms with Gasteiger partial charge in [-0.05, 0) is 66.6 Å². The van der Waals surface area contributed by atoms with Crippen molar-refractivity contribution >= 4 is 56.8 Å². The summed E-state index contributed by atoms with van der Waals surface area (Å²) in [5, 5.41) is 6.19. The fourth-order valence-corrected chi connectivity index (χ4v) is 4.37. The minimum atomic E-state index is -1.99. The molecule has 3 aromatic rings. The quantitative estimate of drug-likeness (QED) is 0.194. The minimum absolute atomic E-state index is 0.0523. The molecule has 0 aliphatic rings. The maximum atomic E-state index is 13.7. The number of amides is 1. The smallest absolute Gasteiger partial charge is 0.345 e. The number of methoxy groups -OCH3 is 1. The Morgan fingerprint density at radius 3 is 2.26 bits per heavy atom. The van der Waals surface area contributed by atoms with E-state index >= 15 is 0 Å². The Labute approximate surface area is 240 Å². The molecule has 0 spiro atoms. The first-order valence-corrected chi connectivity index (χ1v) is 13.1. The largest absolute Gasteiger partial charge is 0.467 e. The van der Waals surface area contributed by atoms with Crippen molar-refractivity contribution in [1.29, 1.82) is 0 Å². The number of hydrogen-bond acceptors (Lipinski definition) is 7. The fraction of sp³-hybridized carbons (Fsp3) is 0.207. The predicted octanol–water partition coefficient (Wildman–Crippen LogP) is 5.86. The van der Waals surface area contributed by atoms with Crippen LogP contribution in [0.25, 0.3) is 0 Å². The Hall–Kier alpha value is -3.66. The van der Waals surface area contributed by atoms with Gasteiger partial charge >= 0.3 is 11.9 Å². The highest BCUT2D eigenvalue weighted by molar-refractivity contribution is 9.10. The molecule has 0 saturated heterocycles. The van der Waals surface area contributed by atoms with Crippen LogP contribution in [0.4, 0.5) is 11.4 Å². The van der Waals surface area contributed by atoms with Crippen LogP contribution in [0.5, 0.6) is 0 Å². The lowest BCUT2D eigenvalue weighted by Crippen LogP contribution is -2.57. The summed E-state index contributed by atoms with van der Waals surface area (Å²) in [5.74, 6) is -1.93. The van der Waals surface area contributed by atoms with Crippen LogP contribution >= 0.6 is 27.5 Å². The highest BCUT2D eigenvalue weighted by Crippen LogP contribution is 2.37. The van der Waals surface area contributed by atoms with Gasteiger partial charge < -0.3 is 24.8 Å². The molecule has 0 heterocycles. The van der Waals surface area contributed by atoms with E-state index in [1.807, 2.05) is 24.3 Å². The Bertz CT molecular complexity index is 1320. The topological polar surface area (TPSA) is 103 Å². The summed E-state index contributed by atoms with van der Waals surface area (Å²) in [6, 6.07) is 18.9. The van der Waals surface area contributed by atoms with E-state index in [0.717, 1.165) is 16.1 Å². The molecule has 8 nitrogen and oxygen atoms in total. The number of carbonyl (C=O) groups is 3. The number of esters is 2. The van der Waals surface area contributed by atoms with E-state index in [2.05, 4.69) is 33.1 Å².